The number of nitrogens with zero attached hydrogens (tertiary/aromatic N) is 2. The van der Waals surface area contributed by atoms with Crippen LogP contribution in [0.5, 0.6) is 11.5 Å². The fraction of sp³-hybridized carbons (Fsp3) is 0.231. The molecule has 1 atom stereocenters. The van der Waals surface area contributed by atoms with E-state index in [-0.39, 0.29) is 18.4 Å². The van der Waals surface area contributed by atoms with E-state index in [0.29, 0.717) is 29.5 Å². The second-order valence-electron chi connectivity index (χ2n) is 7.63. The first-order valence-electron chi connectivity index (χ1n) is 10.6. The average molecular weight is 431 g/mol. The van der Waals surface area contributed by atoms with Crippen LogP contribution in [0.25, 0.3) is 0 Å². The molecule has 2 amide bonds. The number of methoxy groups -OCH3 is 1. The lowest BCUT2D eigenvalue weighted by Crippen LogP contribution is -2.56. The fourth-order valence-electron chi connectivity index (χ4n) is 3.88. The van der Waals surface area contributed by atoms with E-state index in [1.807, 2.05) is 74.5 Å². The molecule has 1 saturated heterocycles. The first-order valence-corrected chi connectivity index (χ1v) is 10.6. The van der Waals surface area contributed by atoms with Crippen LogP contribution < -0.4 is 19.3 Å². The molecule has 6 heteroatoms. The molecule has 1 aliphatic heterocycles. The summed E-state index contributed by atoms with van der Waals surface area (Å²) >= 11 is 0. The smallest absolute Gasteiger partial charge is 0.255 e. The highest BCUT2D eigenvalue weighted by Gasteiger charge is 2.41. The summed E-state index contributed by atoms with van der Waals surface area (Å²) in [5.41, 5.74) is 3.16. The van der Waals surface area contributed by atoms with Crippen LogP contribution in [0.1, 0.15) is 24.1 Å². The number of carbonyl (C=O) groups is 2. The molecule has 1 heterocycles. The summed E-state index contributed by atoms with van der Waals surface area (Å²) in [5.74, 6) is 1.09. The minimum absolute atomic E-state index is 0.0260. The molecule has 0 bridgehead atoms. The van der Waals surface area contributed by atoms with Crippen LogP contribution in [0.3, 0.4) is 0 Å². The van der Waals surface area contributed by atoms with Gasteiger partial charge in [-0.05, 0) is 67.9 Å². The number of aryl methyl sites for hydroxylation is 1. The van der Waals surface area contributed by atoms with Crippen molar-refractivity contribution in [3.8, 4) is 11.5 Å². The van der Waals surface area contributed by atoms with Crippen molar-refractivity contribution in [3.05, 3.63) is 83.9 Å². The van der Waals surface area contributed by atoms with E-state index in [9.17, 15) is 9.59 Å². The van der Waals surface area contributed by atoms with Crippen LogP contribution in [-0.4, -0.2) is 32.1 Å². The number of hydrogen-bond donors (Lipinski definition) is 0. The second-order valence-corrected chi connectivity index (χ2v) is 7.63. The molecule has 164 valence electrons. The topological polar surface area (TPSA) is 59.1 Å². The van der Waals surface area contributed by atoms with Gasteiger partial charge in [0.2, 0.25) is 5.91 Å². The van der Waals surface area contributed by atoms with Gasteiger partial charge in [0.05, 0.1) is 13.7 Å². The van der Waals surface area contributed by atoms with Crippen molar-refractivity contribution in [2.45, 2.75) is 19.9 Å². The normalized spacial score (nSPS) is 16.3. The Morgan fingerprint density at radius 3 is 2.03 bits per heavy atom. The maximum Gasteiger partial charge on any atom is 0.255 e. The fourth-order valence-corrected chi connectivity index (χ4v) is 3.88. The number of hydrogen-bond acceptors (Lipinski definition) is 4. The Kier molecular flexibility index (Phi) is 6.12. The molecule has 0 radical (unpaired) electrons. The predicted octanol–water partition coefficient (Wildman–Crippen LogP) is 4.52. The summed E-state index contributed by atoms with van der Waals surface area (Å²) < 4.78 is 10.8. The van der Waals surface area contributed by atoms with E-state index >= 15 is 0 Å². The molecular weight excluding hydrogens is 404 g/mol. The summed E-state index contributed by atoms with van der Waals surface area (Å²) in [6.45, 7) is 4.43. The standard InChI is InChI=1S/C26H26N2O4/c1-4-32-23-15-11-21(12-16-23)28-24(29)17-27(20-9-5-18(2)6-10-20)26(30)25(28)19-7-13-22(31-3)14-8-19/h5-16,25H,4,17H2,1-3H3. The molecule has 0 aromatic heterocycles. The molecule has 3 aromatic carbocycles. The van der Waals surface area contributed by atoms with Gasteiger partial charge in [-0.2, -0.15) is 0 Å². The van der Waals surface area contributed by atoms with Gasteiger partial charge < -0.3 is 14.4 Å². The maximum atomic E-state index is 13.7. The number of piperazine rings is 1. The number of anilines is 2. The Balaban J connectivity index is 1.76. The Hall–Kier alpha value is -3.80. The van der Waals surface area contributed by atoms with Crippen LogP contribution in [0.4, 0.5) is 11.4 Å². The number of amides is 2. The molecule has 6 nitrogen and oxygen atoms in total. The zero-order valence-electron chi connectivity index (χ0n) is 18.4. The molecule has 0 spiro atoms. The summed E-state index contributed by atoms with van der Waals surface area (Å²) in [6.07, 6.45) is 0. The largest absolute Gasteiger partial charge is 0.497 e. The summed E-state index contributed by atoms with van der Waals surface area (Å²) in [7, 11) is 1.59. The number of rotatable bonds is 6. The lowest BCUT2D eigenvalue weighted by molar-refractivity contribution is -0.128. The van der Waals surface area contributed by atoms with Gasteiger partial charge in [0.15, 0.2) is 0 Å². The molecule has 0 aliphatic carbocycles. The van der Waals surface area contributed by atoms with Gasteiger partial charge >= 0.3 is 0 Å². The van der Waals surface area contributed by atoms with Crippen LogP contribution in [0.2, 0.25) is 0 Å². The van der Waals surface area contributed by atoms with Crippen LogP contribution in [-0.2, 0) is 9.59 Å². The molecule has 1 aliphatic rings. The summed E-state index contributed by atoms with van der Waals surface area (Å²) in [5, 5.41) is 0. The molecular formula is C26H26N2O4. The van der Waals surface area contributed by atoms with Crippen molar-refractivity contribution in [2.24, 2.45) is 0 Å². The third kappa shape index (κ3) is 4.17. The van der Waals surface area contributed by atoms with E-state index in [2.05, 4.69) is 0 Å². The zero-order valence-corrected chi connectivity index (χ0v) is 18.4. The number of ether oxygens (including phenoxy) is 2. The highest BCUT2D eigenvalue weighted by Crippen LogP contribution is 2.35. The number of carbonyl (C=O) groups excluding carboxylic acids is 2. The van der Waals surface area contributed by atoms with E-state index < -0.39 is 6.04 Å². The Bertz CT molecular complexity index is 1090. The van der Waals surface area contributed by atoms with Gasteiger partial charge in [0.1, 0.15) is 24.1 Å². The zero-order chi connectivity index (χ0) is 22.7. The van der Waals surface area contributed by atoms with Crippen molar-refractivity contribution in [2.75, 3.05) is 30.1 Å². The third-order valence-electron chi connectivity index (χ3n) is 5.52. The van der Waals surface area contributed by atoms with Crippen molar-refractivity contribution in [1.82, 2.24) is 0 Å². The van der Waals surface area contributed by atoms with E-state index in [4.69, 9.17) is 9.47 Å². The predicted molar refractivity (Wildman–Crippen MR) is 124 cm³/mol. The number of benzene rings is 3. The Labute approximate surface area is 188 Å². The maximum absolute atomic E-state index is 13.7. The van der Waals surface area contributed by atoms with Crippen molar-refractivity contribution >= 4 is 23.2 Å². The molecule has 4 rings (SSSR count). The molecule has 1 fully saturated rings. The van der Waals surface area contributed by atoms with Crippen LogP contribution in [0, 0.1) is 6.92 Å². The highest BCUT2D eigenvalue weighted by molar-refractivity contribution is 6.14. The lowest BCUT2D eigenvalue weighted by Gasteiger charge is -2.40. The minimum Gasteiger partial charge on any atom is -0.497 e. The molecule has 3 aromatic rings. The SMILES string of the molecule is CCOc1ccc(N2C(=O)CN(c3ccc(C)cc3)C(=O)C2c2ccc(OC)cc2)cc1. The summed E-state index contributed by atoms with van der Waals surface area (Å²) in [4.78, 5) is 30.3. The monoisotopic (exact) mass is 430 g/mol. The van der Waals surface area contributed by atoms with Crippen molar-refractivity contribution in [1.29, 1.82) is 0 Å². The van der Waals surface area contributed by atoms with Gasteiger partial charge in [-0.15, -0.1) is 0 Å². The minimum atomic E-state index is -0.790. The van der Waals surface area contributed by atoms with Gasteiger partial charge in [-0.3, -0.25) is 14.5 Å². The van der Waals surface area contributed by atoms with E-state index in [1.165, 1.54) is 0 Å². The van der Waals surface area contributed by atoms with E-state index in [0.717, 1.165) is 11.1 Å². The molecule has 1 unspecified atom stereocenters. The molecule has 32 heavy (non-hydrogen) atoms. The molecule has 0 N–H and O–H groups in total. The lowest BCUT2D eigenvalue weighted by atomic mass is 9.99. The highest BCUT2D eigenvalue weighted by atomic mass is 16.5. The first kappa shape index (κ1) is 21.4. The van der Waals surface area contributed by atoms with Gasteiger partial charge in [-0.25, -0.2) is 0 Å². The average Bonchev–Trinajstić information content (AvgIpc) is 2.82. The second kappa shape index (κ2) is 9.14. The Morgan fingerprint density at radius 1 is 0.844 bits per heavy atom. The first-order chi connectivity index (χ1) is 15.5. The van der Waals surface area contributed by atoms with Gasteiger partial charge in [-0.1, -0.05) is 29.8 Å². The molecule has 0 saturated carbocycles. The Morgan fingerprint density at radius 2 is 1.44 bits per heavy atom. The van der Waals surface area contributed by atoms with Crippen molar-refractivity contribution < 1.29 is 19.1 Å². The van der Waals surface area contributed by atoms with Gasteiger partial charge in [0.25, 0.3) is 5.91 Å². The summed E-state index contributed by atoms with van der Waals surface area (Å²) in [6, 6.07) is 21.3. The van der Waals surface area contributed by atoms with Crippen LogP contribution >= 0.6 is 0 Å². The van der Waals surface area contributed by atoms with Crippen LogP contribution in [0.15, 0.2) is 72.8 Å². The van der Waals surface area contributed by atoms with E-state index in [1.54, 1.807) is 29.0 Å². The van der Waals surface area contributed by atoms with Gasteiger partial charge in [0, 0.05) is 11.4 Å². The van der Waals surface area contributed by atoms with Crippen molar-refractivity contribution in [3.63, 3.8) is 0 Å². The quantitative estimate of drug-likeness (QED) is 0.577. The third-order valence-corrected chi connectivity index (χ3v) is 5.52.